The highest BCUT2D eigenvalue weighted by Gasteiger charge is 2.09. The number of hydrogen-bond donors (Lipinski definition) is 3. The molecule has 0 fully saturated rings. The van der Waals surface area contributed by atoms with Gasteiger partial charge in [-0.25, -0.2) is 0 Å². The van der Waals surface area contributed by atoms with Gasteiger partial charge in [0.25, 0.3) is 0 Å². The van der Waals surface area contributed by atoms with Crippen LogP contribution in [0.5, 0.6) is 11.5 Å². The van der Waals surface area contributed by atoms with E-state index in [1.54, 1.807) is 12.1 Å². The third-order valence-corrected chi connectivity index (χ3v) is 1.89. The summed E-state index contributed by atoms with van der Waals surface area (Å²) >= 11 is 0. The van der Waals surface area contributed by atoms with Crippen molar-refractivity contribution in [2.24, 2.45) is 11.5 Å². The summed E-state index contributed by atoms with van der Waals surface area (Å²) in [5, 5.41) is 9.51. The predicted molar refractivity (Wildman–Crippen MR) is 57.9 cm³/mol. The summed E-state index contributed by atoms with van der Waals surface area (Å²) in [6.45, 7) is 0.305. The predicted octanol–water partition coefficient (Wildman–Crippen LogP) is 0.781. The number of methoxy groups -OCH3 is 1. The first-order chi connectivity index (χ1) is 6.19. The van der Waals surface area contributed by atoms with Crippen molar-refractivity contribution in [3.8, 4) is 11.5 Å². The second-order valence-corrected chi connectivity index (χ2v) is 2.77. The highest BCUT2D eigenvalue weighted by Crippen LogP contribution is 2.26. The Hall–Kier alpha value is -0.970. The lowest BCUT2D eigenvalue weighted by atomic mass is 10.1. The molecule has 5 N–H and O–H groups in total. The average molecular weight is 219 g/mol. The molecule has 0 aliphatic heterocycles. The maximum absolute atomic E-state index is 9.51. The number of phenols is 1. The number of ether oxygens (including phenoxy) is 1. The van der Waals surface area contributed by atoms with Crippen LogP contribution >= 0.6 is 12.4 Å². The highest BCUT2D eigenvalue weighted by molar-refractivity contribution is 5.85. The zero-order chi connectivity index (χ0) is 9.84. The van der Waals surface area contributed by atoms with E-state index in [0.717, 1.165) is 0 Å². The number of phenolic OH excluding ortho intramolecular Hbond substituents is 1. The Balaban J connectivity index is 0.00000169. The summed E-state index contributed by atoms with van der Waals surface area (Å²) in [7, 11) is 1.54. The van der Waals surface area contributed by atoms with Crippen LogP contribution in [0.15, 0.2) is 18.2 Å². The van der Waals surface area contributed by atoms with Crippen molar-refractivity contribution in [2.75, 3.05) is 13.7 Å². The fraction of sp³-hybridized carbons (Fsp3) is 0.333. The van der Waals surface area contributed by atoms with E-state index in [1.807, 2.05) is 0 Å². The number of benzene rings is 1. The van der Waals surface area contributed by atoms with Crippen LogP contribution in [-0.2, 0) is 0 Å². The van der Waals surface area contributed by atoms with Gasteiger partial charge < -0.3 is 21.3 Å². The number of nitrogens with two attached hydrogens (primary N) is 2. The average Bonchev–Trinajstić information content (AvgIpc) is 2.16. The first kappa shape index (κ1) is 13.0. The quantitative estimate of drug-likeness (QED) is 0.701. The van der Waals surface area contributed by atoms with Crippen molar-refractivity contribution in [1.29, 1.82) is 0 Å². The fourth-order valence-corrected chi connectivity index (χ4v) is 1.09. The van der Waals surface area contributed by atoms with E-state index in [-0.39, 0.29) is 24.2 Å². The molecule has 0 aromatic heterocycles. The molecular weight excluding hydrogens is 204 g/mol. The maximum Gasteiger partial charge on any atom is 0.124 e. The highest BCUT2D eigenvalue weighted by atomic mass is 35.5. The summed E-state index contributed by atoms with van der Waals surface area (Å²) in [5.41, 5.74) is 11.7. The van der Waals surface area contributed by atoms with Gasteiger partial charge in [0, 0.05) is 24.2 Å². The van der Waals surface area contributed by atoms with Crippen molar-refractivity contribution in [3.05, 3.63) is 23.8 Å². The summed E-state index contributed by atoms with van der Waals surface area (Å²) in [5.74, 6) is 0.725. The van der Waals surface area contributed by atoms with Crippen LogP contribution < -0.4 is 16.2 Å². The summed E-state index contributed by atoms with van der Waals surface area (Å²) in [6, 6.07) is 4.65. The third kappa shape index (κ3) is 2.77. The molecule has 1 rings (SSSR count). The molecule has 80 valence electrons. The minimum atomic E-state index is -0.328. The number of halogens is 1. The van der Waals surface area contributed by atoms with Crippen molar-refractivity contribution in [3.63, 3.8) is 0 Å². The third-order valence-electron chi connectivity index (χ3n) is 1.89. The number of aromatic hydroxyl groups is 1. The molecule has 5 heteroatoms. The molecule has 0 aliphatic carbocycles. The largest absolute Gasteiger partial charge is 0.507 e. The Labute approximate surface area is 89.3 Å². The molecule has 0 spiro atoms. The first-order valence-corrected chi connectivity index (χ1v) is 4.01. The Morgan fingerprint density at radius 3 is 2.57 bits per heavy atom. The van der Waals surface area contributed by atoms with Crippen LogP contribution in [0.4, 0.5) is 0 Å². The molecule has 0 heterocycles. The Morgan fingerprint density at radius 2 is 2.14 bits per heavy atom. The topological polar surface area (TPSA) is 81.5 Å². The molecule has 1 aromatic carbocycles. The lowest BCUT2D eigenvalue weighted by Crippen LogP contribution is -2.20. The van der Waals surface area contributed by atoms with Crippen LogP contribution in [0.1, 0.15) is 11.6 Å². The van der Waals surface area contributed by atoms with E-state index < -0.39 is 0 Å². The molecule has 14 heavy (non-hydrogen) atoms. The molecule has 0 amide bonds. The van der Waals surface area contributed by atoms with E-state index in [1.165, 1.54) is 13.2 Å². The van der Waals surface area contributed by atoms with Crippen molar-refractivity contribution in [1.82, 2.24) is 0 Å². The molecule has 1 atom stereocenters. The fourth-order valence-electron chi connectivity index (χ4n) is 1.09. The summed E-state index contributed by atoms with van der Waals surface area (Å²) in [6.07, 6.45) is 0. The molecular formula is C9H15ClN2O2. The minimum absolute atomic E-state index is 0. The van der Waals surface area contributed by atoms with E-state index in [2.05, 4.69) is 0 Å². The maximum atomic E-state index is 9.51. The van der Waals surface area contributed by atoms with Gasteiger partial charge in [0.1, 0.15) is 11.5 Å². The molecule has 4 nitrogen and oxygen atoms in total. The van der Waals surface area contributed by atoms with Crippen LogP contribution in [0, 0.1) is 0 Å². The van der Waals surface area contributed by atoms with E-state index in [4.69, 9.17) is 16.2 Å². The standard InChI is InChI=1S/C9H14N2O2.ClH/c1-13-6-2-3-7(8(11)5-10)9(12)4-6;/h2-4,8,12H,5,10-11H2,1H3;1H/t8-;/m1./s1. The lowest BCUT2D eigenvalue weighted by Gasteiger charge is -2.11. The monoisotopic (exact) mass is 218 g/mol. The van der Waals surface area contributed by atoms with Crippen LogP contribution in [-0.4, -0.2) is 18.8 Å². The Bertz CT molecular complexity index is 294. The normalized spacial score (nSPS) is 11.6. The van der Waals surface area contributed by atoms with Crippen molar-refractivity contribution >= 4 is 12.4 Å². The van der Waals surface area contributed by atoms with Gasteiger partial charge in [-0.05, 0) is 6.07 Å². The van der Waals surface area contributed by atoms with Crippen molar-refractivity contribution < 1.29 is 9.84 Å². The van der Waals surface area contributed by atoms with Gasteiger partial charge in [-0.2, -0.15) is 0 Å². The van der Waals surface area contributed by atoms with Crippen LogP contribution in [0.3, 0.4) is 0 Å². The zero-order valence-corrected chi connectivity index (χ0v) is 8.75. The SMILES string of the molecule is COc1ccc([C@H](N)CN)c(O)c1.Cl. The summed E-state index contributed by atoms with van der Waals surface area (Å²) in [4.78, 5) is 0. The van der Waals surface area contributed by atoms with Crippen LogP contribution in [0.2, 0.25) is 0 Å². The van der Waals surface area contributed by atoms with Crippen molar-refractivity contribution in [2.45, 2.75) is 6.04 Å². The van der Waals surface area contributed by atoms with Gasteiger partial charge in [0.15, 0.2) is 0 Å². The number of rotatable bonds is 3. The van der Waals surface area contributed by atoms with Gasteiger partial charge in [-0.15, -0.1) is 12.4 Å². The van der Waals surface area contributed by atoms with E-state index >= 15 is 0 Å². The van der Waals surface area contributed by atoms with Gasteiger partial charge in [-0.3, -0.25) is 0 Å². The molecule has 1 aromatic rings. The number of hydrogen-bond acceptors (Lipinski definition) is 4. The second kappa shape index (κ2) is 5.70. The van der Waals surface area contributed by atoms with E-state index in [9.17, 15) is 5.11 Å². The summed E-state index contributed by atoms with van der Waals surface area (Å²) < 4.78 is 4.93. The van der Waals surface area contributed by atoms with E-state index in [0.29, 0.717) is 17.9 Å². The van der Waals surface area contributed by atoms with Gasteiger partial charge in [0.2, 0.25) is 0 Å². The molecule has 0 saturated carbocycles. The van der Waals surface area contributed by atoms with Crippen LogP contribution in [0.25, 0.3) is 0 Å². The minimum Gasteiger partial charge on any atom is -0.507 e. The smallest absolute Gasteiger partial charge is 0.124 e. The van der Waals surface area contributed by atoms with Gasteiger partial charge >= 0.3 is 0 Å². The first-order valence-electron chi connectivity index (χ1n) is 4.01. The molecule has 0 saturated heterocycles. The Morgan fingerprint density at radius 1 is 1.50 bits per heavy atom. The second-order valence-electron chi connectivity index (χ2n) is 2.77. The zero-order valence-electron chi connectivity index (χ0n) is 7.93. The van der Waals surface area contributed by atoms with Gasteiger partial charge in [-0.1, -0.05) is 6.07 Å². The van der Waals surface area contributed by atoms with Gasteiger partial charge in [0.05, 0.1) is 7.11 Å². The molecule has 0 bridgehead atoms. The molecule has 0 aliphatic rings. The Kier molecular flexibility index (Phi) is 5.30. The molecule has 0 radical (unpaired) electrons. The molecule has 0 unspecified atom stereocenters. The lowest BCUT2D eigenvalue weighted by molar-refractivity contribution is 0.405.